The van der Waals surface area contributed by atoms with Crippen molar-refractivity contribution in [1.82, 2.24) is 0 Å². The van der Waals surface area contributed by atoms with Crippen LogP contribution in [0.2, 0.25) is 0 Å². The van der Waals surface area contributed by atoms with E-state index in [0.29, 0.717) is 6.42 Å². The Morgan fingerprint density at radius 2 is 1.52 bits per heavy atom. The monoisotopic (exact) mass is 365 g/mol. The number of urea groups is 1. The number of fused-ring (bicyclic) bond motifs is 2. The number of aliphatic carboxylic acids is 1. The molecule has 0 bridgehead atoms. The van der Waals surface area contributed by atoms with E-state index in [1.807, 2.05) is 60.7 Å². The molecule has 5 N–H and O–H groups in total. The maximum atomic E-state index is 11.8. The molecule has 1 heterocycles. The number of hydrogen-bond donors (Lipinski definition) is 3. The molecule has 0 spiro atoms. The number of amides is 2. The average Bonchev–Trinajstić information content (AvgIpc) is 2.83. The number of rotatable bonds is 4. The lowest BCUT2D eigenvalue weighted by atomic mass is 10.1. The zero-order valence-corrected chi connectivity index (χ0v) is 14.9. The Kier molecular flexibility index (Phi) is 6.91. The van der Waals surface area contributed by atoms with Crippen molar-refractivity contribution in [3.63, 3.8) is 0 Å². The number of benzene rings is 2. The van der Waals surface area contributed by atoms with E-state index in [-0.39, 0.29) is 12.5 Å². The standard InChI is InChI=1S/C15H12N2O.C6H11NO2/c16-15(18)17-13-7-3-1-5-11(13)9-10-12-6-2-4-8-14(12)17;1-2-5(7)3-4-6(8)9/h1-10H,(H2,16,18);2,5H,1,3-4,7H2,(H,8,9). The number of hydrogen-bond acceptors (Lipinski definition) is 3. The van der Waals surface area contributed by atoms with Gasteiger partial charge in [-0.05, 0) is 29.7 Å². The molecule has 2 aromatic rings. The summed E-state index contributed by atoms with van der Waals surface area (Å²) in [5.41, 5.74) is 14.4. The van der Waals surface area contributed by atoms with Crippen molar-refractivity contribution in [2.24, 2.45) is 11.5 Å². The summed E-state index contributed by atoms with van der Waals surface area (Å²) in [6.45, 7) is 3.42. The van der Waals surface area contributed by atoms with E-state index in [1.54, 1.807) is 11.0 Å². The summed E-state index contributed by atoms with van der Waals surface area (Å²) < 4.78 is 0. The van der Waals surface area contributed by atoms with Crippen LogP contribution in [0.4, 0.5) is 16.2 Å². The Balaban J connectivity index is 0.000000249. The molecule has 27 heavy (non-hydrogen) atoms. The maximum absolute atomic E-state index is 11.8. The highest BCUT2D eigenvalue weighted by Crippen LogP contribution is 2.35. The van der Waals surface area contributed by atoms with Gasteiger partial charge < -0.3 is 16.6 Å². The Hall–Kier alpha value is -3.38. The highest BCUT2D eigenvalue weighted by molar-refractivity contribution is 6.04. The van der Waals surface area contributed by atoms with Crippen LogP contribution in [0.1, 0.15) is 24.0 Å². The Morgan fingerprint density at radius 3 is 1.93 bits per heavy atom. The minimum atomic E-state index is -0.813. The first kappa shape index (κ1) is 19.9. The quantitative estimate of drug-likeness (QED) is 0.717. The van der Waals surface area contributed by atoms with Gasteiger partial charge in [-0.25, -0.2) is 4.79 Å². The molecule has 1 unspecified atom stereocenters. The van der Waals surface area contributed by atoms with Crippen LogP contribution in [-0.4, -0.2) is 23.1 Å². The van der Waals surface area contributed by atoms with Crippen molar-refractivity contribution in [2.45, 2.75) is 18.9 Å². The van der Waals surface area contributed by atoms with Gasteiger partial charge in [0, 0.05) is 12.5 Å². The van der Waals surface area contributed by atoms with E-state index in [9.17, 15) is 9.59 Å². The van der Waals surface area contributed by atoms with Crippen molar-refractivity contribution >= 4 is 35.5 Å². The van der Waals surface area contributed by atoms with E-state index >= 15 is 0 Å². The molecule has 0 saturated heterocycles. The van der Waals surface area contributed by atoms with Gasteiger partial charge in [0.05, 0.1) is 11.4 Å². The molecule has 0 aromatic heterocycles. The summed E-state index contributed by atoms with van der Waals surface area (Å²) in [6.07, 6.45) is 6.13. The normalized spacial score (nSPS) is 12.6. The minimum Gasteiger partial charge on any atom is -0.481 e. The first-order valence-corrected chi connectivity index (χ1v) is 8.49. The number of carboxylic acids is 1. The molecule has 0 saturated carbocycles. The SMILES string of the molecule is C=CC(N)CCC(=O)O.NC(=O)N1c2ccccc2C=Cc2ccccc21. The molecule has 6 nitrogen and oxygen atoms in total. The lowest BCUT2D eigenvalue weighted by molar-refractivity contribution is -0.137. The highest BCUT2D eigenvalue weighted by Gasteiger charge is 2.21. The molecular weight excluding hydrogens is 342 g/mol. The summed E-state index contributed by atoms with van der Waals surface area (Å²) in [6, 6.07) is 14.8. The average molecular weight is 365 g/mol. The zero-order valence-electron chi connectivity index (χ0n) is 14.9. The number of primary amides is 1. The fraction of sp³-hybridized carbons (Fsp3) is 0.143. The third kappa shape index (κ3) is 5.29. The van der Waals surface area contributed by atoms with Gasteiger partial charge >= 0.3 is 12.0 Å². The van der Waals surface area contributed by atoms with E-state index in [4.69, 9.17) is 16.6 Å². The summed E-state index contributed by atoms with van der Waals surface area (Å²) >= 11 is 0. The fourth-order valence-electron chi connectivity index (χ4n) is 2.62. The smallest absolute Gasteiger partial charge is 0.323 e. The van der Waals surface area contributed by atoms with Gasteiger partial charge in [-0.15, -0.1) is 6.58 Å². The number of para-hydroxylation sites is 2. The molecule has 1 aliphatic rings. The van der Waals surface area contributed by atoms with E-state index < -0.39 is 12.0 Å². The lowest BCUT2D eigenvalue weighted by Crippen LogP contribution is -2.32. The first-order valence-electron chi connectivity index (χ1n) is 8.49. The van der Waals surface area contributed by atoms with Crippen molar-refractivity contribution in [2.75, 3.05) is 4.90 Å². The van der Waals surface area contributed by atoms with Gasteiger partial charge in [0.1, 0.15) is 0 Å². The van der Waals surface area contributed by atoms with Crippen LogP contribution in [0.5, 0.6) is 0 Å². The fourth-order valence-corrected chi connectivity index (χ4v) is 2.62. The minimum absolute atomic E-state index is 0.118. The maximum Gasteiger partial charge on any atom is 0.323 e. The number of carbonyl (C=O) groups excluding carboxylic acids is 1. The first-order chi connectivity index (χ1) is 12.9. The summed E-state index contributed by atoms with van der Waals surface area (Å²) in [5.74, 6) is -0.813. The molecule has 6 heteroatoms. The molecular formula is C21H23N3O3. The molecule has 3 rings (SSSR count). The molecule has 1 aliphatic heterocycles. The highest BCUT2D eigenvalue weighted by atomic mass is 16.4. The molecule has 1 atom stereocenters. The van der Waals surface area contributed by atoms with Crippen LogP contribution in [0.3, 0.4) is 0 Å². The Morgan fingerprint density at radius 1 is 1.04 bits per heavy atom. The van der Waals surface area contributed by atoms with Gasteiger partial charge in [0.2, 0.25) is 0 Å². The van der Waals surface area contributed by atoms with E-state index in [1.165, 1.54) is 0 Å². The topological polar surface area (TPSA) is 110 Å². The molecule has 2 amide bonds. The van der Waals surface area contributed by atoms with Gasteiger partial charge in [0.25, 0.3) is 0 Å². The Bertz CT molecular complexity index is 812. The predicted molar refractivity (Wildman–Crippen MR) is 109 cm³/mol. The van der Waals surface area contributed by atoms with Crippen molar-refractivity contribution < 1.29 is 14.7 Å². The van der Waals surface area contributed by atoms with E-state index in [2.05, 4.69) is 6.58 Å². The van der Waals surface area contributed by atoms with Gasteiger partial charge in [-0.1, -0.05) is 54.6 Å². The second kappa shape index (κ2) is 9.35. The van der Waals surface area contributed by atoms with E-state index in [0.717, 1.165) is 22.5 Å². The zero-order chi connectivity index (χ0) is 19.8. The third-order valence-electron chi connectivity index (χ3n) is 4.01. The van der Waals surface area contributed by atoms with Gasteiger partial charge in [-0.2, -0.15) is 0 Å². The predicted octanol–water partition coefficient (Wildman–Crippen LogP) is 3.75. The molecule has 0 aliphatic carbocycles. The van der Waals surface area contributed by atoms with Crippen molar-refractivity contribution in [3.05, 3.63) is 72.3 Å². The number of nitrogens with two attached hydrogens (primary N) is 2. The number of anilines is 2. The molecule has 2 aromatic carbocycles. The van der Waals surface area contributed by atoms with Crippen LogP contribution < -0.4 is 16.4 Å². The summed E-state index contributed by atoms with van der Waals surface area (Å²) in [7, 11) is 0. The molecule has 0 fully saturated rings. The number of nitrogens with zero attached hydrogens (tertiary/aromatic N) is 1. The summed E-state index contributed by atoms with van der Waals surface area (Å²) in [5, 5.41) is 8.17. The second-order valence-electron chi connectivity index (χ2n) is 5.96. The molecule has 140 valence electrons. The number of carboxylic acid groups (broad SMARTS) is 1. The van der Waals surface area contributed by atoms with Crippen LogP contribution in [0.15, 0.2) is 61.2 Å². The van der Waals surface area contributed by atoms with Crippen molar-refractivity contribution in [3.8, 4) is 0 Å². The Labute approximate surface area is 158 Å². The van der Waals surface area contributed by atoms with Crippen molar-refractivity contribution in [1.29, 1.82) is 0 Å². The summed E-state index contributed by atoms with van der Waals surface area (Å²) in [4.78, 5) is 23.2. The number of carbonyl (C=O) groups is 2. The van der Waals surface area contributed by atoms with Crippen LogP contribution in [0, 0.1) is 0 Å². The van der Waals surface area contributed by atoms with Gasteiger partial charge in [0.15, 0.2) is 0 Å². The van der Waals surface area contributed by atoms with Gasteiger partial charge in [-0.3, -0.25) is 9.69 Å². The third-order valence-corrected chi connectivity index (χ3v) is 4.01. The lowest BCUT2D eigenvalue weighted by Gasteiger charge is -2.22. The second-order valence-corrected chi connectivity index (χ2v) is 5.96. The molecule has 0 radical (unpaired) electrons. The van der Waals surface area contributed by atoms with Crippen LogP contribution in [0.25, 0.3) is 12.2 Å². The van der Waals surface area contributed by atoms with Crippen LogP contribution >= 0.6 is 0 Å². The largest absolute Gasteiger partial charge is 0.481 e. The van der Waals surface area contributed by atoms with Crippen LogP contribution in [-0.2, 0) is 4.79 Å².